The van der Waals surface area contributed by atoms with Gasteiger partial charge in [0.25, 0.3) is 0 Å². The molecule has 0 aliphatic carbocycles. The maximum absolute atomic E-state index is 12.2. The van der Waals surface area contributed by atoms with Crippen LogP contribution in [-0.2, 0) is 10.0 Å². The van der Waals surface area contributed by atoms with Crippen molar-refractivity contribution in [1.82, 2.24) is 14.5 Å². The Morgan fingerprint density at radius 2 is 1.84 bits per heavy atom. The van der Waals surface area contributed by atoms with Crippen LogP contribution in [0.2, 0.25) is 0 Å². The lowest BCUT2D eigenvalue weighted by molar-refractivity contribution is 0.196. The Balaban J connectivity index is 2.30. The molecule has 6 heteroatoms. The van der Waals surface area contributed by atoms with Gasteiger partial charge in [-0.2, -0.15) is 0 Å². The molecule has 1 heterocycles. The average molecular weight is 291 g/mol. The molecule has 1 saturated heterocycles. The van der Waals surface area contributed by atoms with Gasteiger partial charge >= 0.3 is 0 Å². The normalized spacial score (nSPS) is 19.2. The molecule has 0 aromatic rings. The summed E-state index contributed by atoms with van der Waals surface area (Å²) in [4.78, 5) is 2.19. The van der Waals surface area contributed by atoms with Crippen LogP contribution in [-0.4, -0.2) is 69.7 Å². The Kier molecular flexibility index (Phi) is 7.28. The van der Waals surface area contributed by atoms with Crippen molar-refractivity contribution in [3.8, 4) is 0 Å². The molecule has 1 N–H and O–H groups in total. The summed E-state index contributed by atoms with van der Waals surface area (Å²) in [6, 6.07) is 0.526. The van der Waals surface area contributed by atoms with Crippen LogP contribution in [0.4, 0.5) is 0 Å². The molecule has 0 radical (unpaired) electrons. The Bertz CT molecular complexity index is 336. The number of nitrogens with zero attached hydrogens (tertiary/aromatic N) is 2. The van der Waals surface area contributed by atoms with Gasteiger partial charge in [-0.25, -0.2) is 12.7 Å². The van der Waals surface area contributed by atoms with Crippen molar-refractivity contribution in [3.63, 3.8) is 0 Å². The SMILES string of the molecule is CCCNCCCS(=O)(=O)N1CCC(N(C)C)CC1. The van der Waals surface area contributed by atoms with Crippen LogP contribution in [0, 0.1) is 0 Å². The quantitative estimate of drug-likeness (QED) is 0.670. The van der Waals surface area contributed by atoms with E-state index < -0.39 is 10.0 Å². The fourth-order valence-corrected chi connectivity index (χ4v) is 3.98. The highest BCUT2D eigenvalue weighted by Crippen LogP contribution is 2.17. The zero-order chi connectivity index (χ0) is 14.3. The lowest BCUT2D eigenvalue weighted by atomic mass is 10.1. The second-order valence-corrected chi connectivity index (χ2v) is 7.60. The van der Waals surface area contributed by atoms with Crippen LogP contribution < -0.4 is 5.32 Å². The molecule has 1 aliphatic rings. The Labute approximate surface area is 118 Å². The molecule has 0 bridgehead atoms. The second-order valence-electron chi connectivity index (χ2n) is 5.51. The first-order chi connectivity index (χ1) is 8.97. The van der Waals surface area contributed by atoms with Crippen molar-refractivity contribution in [2.75, 3.05) is 46.0 Å². The summed E-state index contributed by atoms with van der Waals surface area (Å²) >= 11 is 0. The van der Waals surface area contributed by atoms with Gasteiger partial charge in [-0.3, -0.25) is 0 Å². The third-order valence-electron chi connectivity index (χ3n) is 3.73. The minimum atomic E-state index is -3.04. The molecule has 19 heavy (non-hydrogen) atoms. The lowest BCUT2D eigenvalue weighted by Gasteiger charge is -2.34. The molecule has 0 spiro atoms. The van der Waals surface area contributed by atoms with Gasteiger partial charge in [-0.15, -0.1) is 0 Å². The number of sulfonamides is 1. The fourth-order valence-electron chi connectivity index (χ4n) is 2.45. The van der Waals surface area contributed by atoms with Gasteiger partial charge in [0.05, 0.1) is 5.75 Å². The minimum Gasteiger partial charge on any atom is -0.317 e. The third kappa shape index (κ3) is 5.77. The fraction of sp³-hybridized carbons (Fsp3) is 1.00. The van der Waals surface area contributed by atoms with Crippen molar-refractivity contribution in [3.05, 3.63) is 0 Å². The summed E-state index contributed by atoms with van der Waals surface area (Å²) in [5, 5.41) is 3.24. The van der Waals surface area contributed by atoms with Crippen LogP contribution in [0.1, 0.15) is 32.6 Å². The zero-order valence-electron chi connectivity index (χ0n) is 12.6. The molecule has 0 aromatic heterocycles. The van der Waals surface area contributed by atoms with E-state index >= 15 is 0 Å². The van der Waals surface area contributed by atoms with E-state index in [2.05, 4.69) is 31.2 Å². The molecular weight excluding hydrogens is 262 g/mol. The number of piperidine rings is 1. The first kappa shape index (κ1) is 16.9. The van der Waals surface area contributed by atoms with Crippen molar-refractivity contribution < 1.29 is 8.42 Å². The minimum absolute atomic E-state index is 0.274. The summed E-state index contributed by atoms with van der Waals surface area (Å²) in [6.45, 7) is 5.22. The van der Waals surface area contributed by atoms with Gasteiger partial charge in [-0.05, 0) is 52.9 Å². The van der Waals surface area contributed by atoms with Gasteiger partial charge in [-0.1, -0.05) is 6.92 Å². The standard InChI is InChI=1S/C13H29N3O2S/c1-4-8-14-9-5-12-19(17,18)16-10-6-13(7-11-16)15(2)3/h13-14H,4-12H2,1-3H3. The predicted octanol–water partition coefficient (Wildman–Crippen LogP) is 0.732. The van der Waals surface area contributed by atoms with E-state index in [0.717, 1.165) is 32.4 Å². The first-order valence-corrected chi connectivity index (χ1v) is 8.93. The predicted molar refractivity (Wildman–Crippen MR) is 79.8 cm³/mol. The van der Waals surface area contributed by atoms with Crippen LogP contribution in [0.25, 0.3) is 0 Å². The largest absolute Gasteiger partial charge is 0.317 e. The van der Waals surface area contributed by atoms with Gasteiger partial charge in [0, 0.05) is 19.1 Å². The van der Waals surface area contributed by atoms with Crippen LogP contribution in [0.3, 0.4) is 0 Å². The van der Waals surface area contributed by atoms with Crippen LogP contribution in [0.15, 0.2) is 0 Å². The van der Waals surface area contributed by atoms with Gasteiger partial charge in [0.2, 0.25) is 10.0 Å². The Morgan fingerprint density at radius 1 is 1.21 bits per heavy atom. The summed E-state index contributed by atoms with van der Waals surface area (Å²) in [7, 11) is 1.08. The molecule has 0 atom stereocenters. The van der Waals surface area contributed by atoms with E-state index in [1.807, 2.05) is 0 Å². The number of nitrogens with one attached hydrogen (secondary N) is 1. The number of hydrogen-bond acceptors (Lipinski definition) is 4. The van der Waals surface area contributed by atoms with Crippen LogP contribution >= 0.6 is 0 Å². The van der Waals surface area contributed by atoms with E-state index in [1.165, 1.54) is 0 Å². The smallest absolute Gasteiger partial charge is 0.214 e. The van der Waals surface area contributed by atoms with Crippen LogP contribution in [0.5, 0.6) is 0 Å². The van der Waals surface area contributed by atoms with E-state index in [1.54, 1.807) is 4.31 Å². The van der Waals surface area contributed by atoms with E-state index in [-0.39, 0.29) is 5.75 Å². The lowest BCUT2D eigenvalue weighted by Crippen LogP contribution is -2.45. The molecule has 0 amide bonds. The van der Waals surface area contributed by atoms with Crippen molar-refractivity contribution in [2.24, 2.45) is 0 Å². The molecule has 1 rings (SSSR count). The summed E-state index contributed by atoms with van der Waals surface area (Å²) in [6.07, 6.45) is 3.68. The summed E-state index contributed by atoms with van der Waals surface area (Å²) < 4.78 is 26.0. The number of rotatable bonds is 8. The molecule has 5 nitrogen and oxygen atoms in total. The number of hydrogen-bond donors (Lipinski definition) is 1. The third-order valence-corrected chi connectivity index (χ3v) is 5.69. The molecule has 1 aliphatic heterocycles. The maximum Gasteiger partial charge on any atom is 0.214 e. The van der Waals surface area contributed by atoms with E-state index in [0.29, 0.717) is 25.6 Å². The monoisotopic (exact) mass is 291 g/mol. The zero-order valence-corrected chi connectivity index (χ0v) is 13.4. The van der Waals surface area contributed by atoms with Gasteiger partial charge < -0.3 is 10.2 Å². The Morgan fingerprint density at radius 3 is 2.37 bits per heavy atom. The molecular formula is C13H29N3O2S. The highest BCUT2D eigenvalue weighted by Gasteiger charge is 2.28. The second kappa shape index (κ2) is 8.19. The molecule has 0 unspecified atom stereocenters. The highest BCUT2D eigenvalue weighted by atomic mass is 32.2. The highest BCUT2D eigenvalue weighted by molar-refractivity contribution is 7.89. The molecule has 114 valence electrons. The van der Waals surface area contributed by atoms with Crippen molar-refractivity contribution in [2.45, 2.75) is 38.6 Å². The summed E-state index contributed by atoms with van der Waals surface area (Å²) in [5.74, 6) is 0.274. The van der Waals surface area contributed by atoms with E-state index in [4.69, 9.17) is 0 Å². The first-order valence-electron chi connectivity index (χ1n) is 7.32. The van der Waals surface area contributed by atoms with Crippen molar-refractivity contribution >= 4 is 10.0 Å². The molecule has 1 fully saturated rings. The van der Waals surface area contributed by atoms with Gasteiger partial charge in [0.15, 0.2) is 0 Å². The Hall–Kier alpha value is -0.170. The van der Waals surface area contributed by atoms with Crippen molar-refractivity contribution in [1.29, 1.82) is 0 Å². The molecule has 0 saturated carbocycles. The maximum atomic E-state index is 12.2. The van der Waals surface area contributed by atoms with E-state index in [9.17, 15) is 8.42 Å². The average Bonchev–Trinajstić information content (AvgIpc) is 2.38. The topological polar surface area (TPSA) is 52.7 Å². The summed E-state index contributed by atoms with van der Waals surface area (Å²) in [5.41, 5.74) is 0. The molecule has 0 aromatic carbocycles. The van der Waals surface area contributed by atoms with Gasteiger partial charge in [0.1, 0.15) is 0 Å².